The second-order valence-corrected chi connectivity index (χ2v) is 5.56. The molecule has 1 aliphatic rings. The van der Waals surface area contributed by atoms with Crippen molar-refractivity contribution in [2.75, 3.05) is 5.73 Å². The predicted molar refractivity (Wildman–Crippen MR) is 65.4 cm³/mol. The molecule has 1 aromatic carbocycles. The molecule has 1 fully saturated rings. The topological polar surface area (TPSA) is 46.2 Å². The van der Waals surface area contributed by atoms with Crippen molar-refractivity contribution in [1.82, 2.24) is 0 Å². The molecule has 4 heteroatoms. The molecule has 0 bridgehead atoms. The number of thioether (sulfide) groups is 1. The molecule has 3 N–H and O–H groups in total. The van der Waals surface area contributed by atoms with Crippen LogP contribution < -0.4 is 5.73 Å². The molecule has 1 saturated carbocycles. The second kappa shape index (κ2) is 4.64. The van der Waals surface area contributed by atoms with E-state index in [-0.39, 0.29) is 6.10 Å². The van der Waals surface area contributed by atoms with Crippen molar-refractivity contribution in [3.8, 4) is 0 Å². The normalized spacial score (nSPS) is 25.7. The molecule has 2 unspecified atom stereocenters. The summed E-state index contributed by atoms with van der Waals surface area (Å²) in [6.45, 7) is 0. The minimum absolute atomic E-state index is 0.175. The van der Waals surface area contributed by atoms with Gasteiger partial charge in [0, 0.05) is 10.1 Å². The number of rotatable bonds is 2. The molecule has 2 atom stereocenters. The Morgan fingerprint density at radius 1 is 1.40 bits per heavy atom. The smallest absolute Gasteiger partial charge is 0.0662 e. The van der Waals surface area contributed by atoms with Crippen LogP contribution in [-0.4, -0.2) is 16.5 Å². The molecule has 15 heavy (non-hydrogen) atoms. The summed E-state index contributed by atoms with van der Waals surface area (Å²) in [6.07, 6.45) is 2.93. The summed E-state index contributed by atoms with van der Waals surface area (Å²) in [6, 6.07) is 5.63. The number of halogens is 1. The second-order valence-electron chi connectivity index (χ2n) is 3.84. The molecule has 0 heterocycles. The lowest BCUT2D eigenvalue weighted by Crippen LogP contribution is -2.14. The van der Waals surface area contributed by atoms with Crippen molar-refractivity contribution in [3.05, 3.63) is 23.2 Å². The van der Waals surface area contributed by atoms with Crippen molar-refractivity contribution in [2.45, 2.75) is 35.5 Å². The molecule has 0 aromatic heterocycles. The first-order valence-electron chi connectivity index (χ1n) is 5.06. The fourth-order valence-electron chi connectivity index (χ4n) is 1.80. The van der Waals surface area contributed by atoms with Crippen LogP contribution in [0.25, 0.3) is 0 Å². The van der Waals surface area contributed by atoms with E-state index in [0.717, 1.165) is 24.2 Å². The van der Waals surface area contributed by atoms with E-state index in [1.165, 1.54) is 0 Å². The highest BCUT2D eigenvalue weighted by Crippen LogP contribution is 2.36. The standard InChI is InChI=1S/C11H14ClNOS/c12-8-6-7(4-5-9(8)13)15-11-3-1-2-10(11)14/h4-6,10-11,14H,1-3,13H2. The first-order valence-corrected chi connectivity index (χ1v) is 6.32. The number of aliphatic hydroxyl groups is 1. The highest BCUT2D eigenvalue weighted by atomic mass is 35.5. The van der Waals surface area contributed by atoms with Gasteiger partial charge in [-0.15, -0.1) is 11.8 Å². The number of nitrogens with two attached hydrogens (primary N) is 1. The van der Waals surface area contributed by atoms with Gasteiger partial charge in [-0.1, -0.05) is 11.6 Å². The van der Waals surface area contributed by atoms with Crippen molar-refractivity contribution < 1.29 is 5.11 Å². The van der Waals surface area contributed by atoms with Gasteiger partial charge < -0.3 is 10.8 Å². The Labute approximate surface area is 98.8 Å². The van der Waals surface area contributed by atoms with Crippen molar-refractivity contribution >= 4 is 29.1 Å². The molecule has 2 nitrogen and oxygen atoms in total. The molecule has 0 saturated heterocycles. The van der Waals surface area contributed by atoms with Gasteiger partial charge in [0.2, 0.25) is 0 Å². The predicted octanol–water partition coefficient (Wildman–Crippen LogP) is 2.93. The average Bonchev–Trinajstić information content (AvgIpc) is 2.59. The van der Waals surface area contributed by atoms with Gasteiger partial charge in [0.1, 0.15) is 0 Å². The summed E-state index contributed by atoms with van der Waals surface area (Å²) < 4.78 is 0. The van der Waals surface area contributed by atoms with E-state index in [4.69, 9.17) is 17.3 Å². The lowest BCUT2D eigenvalue weighted by Gasteiger charge is -2.14. The maximum absolute atomic E-state index is 9.70. The van der Waals surface area contributed by atoms with Gasteiger partial charge >= 0.3 is 0 Å². The van der Waals surface area contributed by atoms with E-state index in [0.29, 0.717) is 16.0 Å². The Kier molecular flexibility index (Phi) is 3.44. The molecule has 0 amide bonds. The lowest BCUT2D eigenvalue weighted by atomic mass is 10.3. The van der Waals surface area contributed by atoms with Crippen LogP contribution in [0.2, 0.25) is 5.02 Å². The van der Waals surface area contributed by atoms with Gasteiger partial charge in [0.05, 0.1) is 16.8 Å². The maximum Gasteiger partial charge on any atom is 0.0662 e. The summed E-state index contributed by atoms with van der Waals surface area (Å²) in [5.41, 5.74) is 6.24. The molecule has 0 radical (unpaired) electrons. The van der Waals surface area contributed by atoms with Crippen LogP contribution in [0.4, 0.5) is 5.69 Å². The first-order chi connectivity index (χ1) is 7.16. The molecule has 0 aliphatic heterocycles. The van der Waals surface area contributed by atoms with Crippen LogP contribution in [0.5, 0.6) is 0 Å². The number of hydrogen-bond donors (Lipinski definition) is 2. The highest BCUT2D eigenvalue weighted by molar-refractivity contribution is 8.00. The maximum atomic E-state index is 9.70. The van der Waals surface area contributed by atoms with Crippen LogP contribution in [0.3, 0.4) is 0 Å². The molecule has 0 spiro atoms. The van der Waals surface area contributed by atoms with Crippen LogP contribution in [0.1, 0.15) is 19.3 Å². The summed E-state index contributed by atoms with van der Waals surface area (Å²) in [7, 11) is 0. The van der Waals surface area contributed by atoms with E-state index in [2.05, 4.69) is 0 Å². The van der Waals surface area contributed by atoms with Gasteiger partial charge in [-0.25, -0.2) is 0 Å². The van der Waals surface area contributed by atoms with E-state index < -0.39 is 0 Å². The van der Waals surface area contributed by atoms with Crippen LogP contribution in [0, 0.1) is 0 Å². The number of aliphatic hydroxyl groups excluding tert-OH is 1. The fourth-order valence-corrected chi connectivity index (χ4v) is 3.30. The monoisotopic (exact) mass is 243 g/mol. The van der Waals surface area contributed by atoms with Crippen molar-refractivity contribution in [1.29, 1.82) is 0 Å². The summed E-state index contributed by atoms with van der Waals surface area (Å²) in [5, 5.41) is 10.6. The minimum atomic E-state index is -0.175. The lowest BCUT2D eigenvalue weighted by molar-refractivity contribution is 0.188. The Bertz CT molecular complexity index is 358. The third kappa shape index (κ3) is 2.60. The number of nitrogen functional groups attached to an aromatic ring is 1. The first kappa shape index (κ1) is 11.1. The molecule has 1 aromatic rings. The summed E-state index contributed by atoms with van der Waals surface area (Å²) >= 11 is 7.63. The minimum Gasteiger partial charge on any atom is -0.398 e. The van der Waals surface area contributed by atoms with Crippen LogP contribution in [-0.2, 0) is 0 Å². The quantitative estimate of drug-likeness (QED) is 0.786. The molecular weight excluding hydrogens is 230 g/mol. The van der Waals surface area contributed by atoms with Crippen LogP contribution >= 0.6 is 23.4 Å². The average molecular weight is 244 g/mol. The van der Waals surface area contributed by atoms with Crippen molar-refractivity contribution in [3.63, 3.8) is 0 Å². The Balaban J connectivity index is 2.07. The van der Waals surface area contributed by atoms with E-state index >= 15 is 0 Å². The number of anilines is 1. The third-order valence-corrected chi connectivity index (χ3v) is 4.38. The Morgan fingerprint density at radius 3 is 2.80 bits per heavy atom. The summed E-state index contributed by atoms with van der Waals surface area (Å²) in [4.78, 5) is 1.08. The van der Waals surface area contributed by atoms with Crippen molar-refractivity contribution in [2.24, 2.45) is 0 Å². The zero-order chi connectivity index (χ0) is 10.8. The van der Waals surface area contributed by atoms with Gasteiger partial charge in [0.25, 0.3) is 0 Å². The number of hydrogen-bond acceptors (Lipinski definition) is 3. The van der Waals surface area contributed by atoms with E-state index in [1.54, 1.807) is 11.8 Å². The molecule has 1 aliphatic carbocycles. The zero-order valence-corrected chi connectivity index (χ0v) is 9.89. The van der Waals surface area contributed by atoms with Gasteiger partial charge in [-0.2, -0.15) is 0 Å². The third-order valence-electron chi connectivity index (χ3n) is 2.68. The van der Waals surface area contributed by atoms with Crippen LogP contribution in [0.15, 0.2) is 23.1 Å². The Hall–Kier alpha value is -0.380. The number of benzene rings is 1. The SMILES string of the molecule is Nc1ccc(SC2CCCC2O)cc1Cl. The molecule has 2 rings (SSSR count). The van der Waals surface area contributed by atoms with Gasteiger partial charge in [-0.3, -0.25) is 0 Å². The largest absolute Gasteiger partial charge is 0.398 e. The Morgan fingerprint density at radius 2 is 2.20 bits per heavy atom. The molecular formula is C11H14ClNOS. The van der Waals surface area contributed by atoms with E-state index in [1.807, 2.05) is 18.2 Å². The molecule has 82 valence electrons. The van der Waals surface area contributed by atoms with Gasteiger partial charge in [-0.05, 0) is 37.5 Å². The fraction of sp³-hybridized carbons (Fsp3) is 0.455. The van der Waals surface area contributed by atoms with Gasteiger partial charge in [0.15, 0.2) is 0 Å². The highest BCUT2D eigenvalue weighted by Gasteiger charge is 2.25. The zero-order valence-electron chi connectivity index (χ0n) is 8.32. The van der Waals surface area contributed by atoms with E-state index in [9.17, 15) is 5.11 Å². The summed E-state index contributed by atoms with van der Waals surface area (Å²) in [5.74, 6) is 0.